The van der Waals surface area contributed by atoms with Crippen molar-refractivity contribution in [3.8, 4) is 0 Å². The second-order valence-electron chi connectivity index (χ2n) is 6.54. The molecule has 1 aromatic carbocycles. The van der Waals surface area contributed by atoms with Crippen LogP contribution in [-0.2, 0) is 21.3 Å². The van der Waals surface area contributed by atoms with E-state index in [0.29, 0.717) is 37.1 Å². The Bertz CT molecular complexity index is 689. The van der Waals surface area contributed by atoms with E-state index in [2.05, 4.69) is 15.6 Å². The van der Waals surface area contributed by atoms with Crippen molar-refractivity contribution in [3.63, 3.8) is 0 Å². The maximum Gasteiger partial charge on any atom is 0.243 e. The summed E-state index contributed by atoms with van der Waals surface area (Å²) in [5.41, 5.74) is 0.991. The van der Waals surface area contributed by atoms with Crippen molar-refractivity contribution in [1.82, 2.24) is 14.9 Å². The molecule has 27 heavy (non-hydrogen) atoms. The number of nitrogens with zero attached hydrogens (tertiary/aromatic N) is 2. The van der Waals surface area contributed by atoms with Gasteiger partial charge < -0.3 is 15.4 Å². The predicted octanol–water partition coefficient (Wildman–Crippen LogP) is 2.18. The number of hydrogen-bond acceptors (Lipinski definition) is 4. The number of nitrogens with one attached hydrogen (secondary N) is 2. The fourth-order valence-electron chi connectivity index (χ4n) is 2.94. The minimum Gasteiger partial charge on any atom is -0.383 e. The summed E-state index contributed by atoms with van der Waals surface area (Å²) < 4.78 is 32.0. The zero-order chi connectivity index (χ0) is 19.0. The summed E-state index contributed by atoms with van der Waals surface area (Å²) in [7, 11) is -0.00196. The van der Waals surface area contributed by atoms with Gasteiger partial charge in [0.15, 0.2) is 5.96 Å². The molecule has 0 bridgehead atoms. The molecule has 0 aromatic heterocycles. The van der Waals surface area contributed by atoms with Gasteiger partial charge in [-0.1, -0.05) is 18.6 Å². The highest BCUT2D eigenvalue weighted by atomic mass is 127. The van der Waals surface area contributed by atoms with Crippen LogP contribution in [0.3, 0.4) is 0 Å². The van der Waals surface area contributed by atoms with Crippen molar-refractivity contribution in [2.24, 2.45) is 4.99 Å². The predicted molar refractivity (Wildman–Crippen MR) is 119 cm³/mol. The van der Waals surface area contributed by atoms with Crippen LogP contribution in [0, 0.1) is 0 Å². The van der Waals surface area contributed by atoms with Gasteiger partial charge in [0.1, 0.15) is 0 Å². The molecule has 0 saturated carbocycles. The number of rotatable bonds is 7. The normalized spacial score (nSPS) is 17.1. The van der Waals surface area contributed by atoms with Crippen LogP contribution in [0.5, 0.6) is 0 Å². The van der Waals surface area contributed by atoms with Gasteiger partial charge >= 0.3 is 0 Å². The van der Waals surface area contributed by atoms with E-state index in [1.54, 1.807) is 30.6 Å². The second-order valence-corrected chi connectivity index (χ2v) is 8.47. The summed E-state index contributed by atoms with van der Waals surface area (Å²) in [5.74, 6) is 0.680. The molecule has 0 radical (unpaired) electrons. The van der Waals surface area contributed by atoms with Crippen LogP contribution in [0.4, 0.5) is 0 Å². The highest BCUT2D eigenvalue weighted by molar-refractivity contribution is 14.0. The van der Waals surface area contributed by atoms with Crippen LogP contribution in [0.1, 0.15) is 31.7 Å². The van der Waals surface area contributed by atoms with Crippen molar-refractivity contribution in [3.05, 3.63) is 29.8 Å². The van der Waals surface area contributed by atoms with Crippen molar-refractivity contribution in [2.75, 3.05) is 33.9 Å². The Morgan fingerprint density at radius 1 is 1.22 bits per heavy atom. The summed E-state index contributed by atoms with van der Waals surface area (Å²) in [6.45, 7) is 4.39. The Labute approximate surface area is 180 Å². The molecule has 0 amide bonds. The van der Waals surface area contributed by atoms with Crippen LogP contribution in [0.25, 0.3) is 0 Å². The molecule has 1 aliphatic rings. The molecule has 1 fully saturated rings. The lowest BCUT2D eigenvalue weighted by Gasteiger charge is -2.25. The van der Waals surface area contributed by atoms with Gasteiger partial charge in [0.2, 0.25) is 10.0 Å². The minimum absolute atomic E-state index is 0. The molecule has 1 saturated heterocycles. The molecule has 2 rings (SSSR count). The van der Waals surface area contributed by atoms with Gasteiger partial charge in [-0.05, 0) is 37.5 Å². The fraction of sp³-hybridized carbons (Fsp3) is 0.611. The number of aliphatic imine (C=N–C) groups is 1. The van der Waals surface area contributed by atoms with Gasteiger partial charge in [0.05, 0.1) is 11.5 Å². The van der Waals surface area contributed by atoms with Gasteiger partial charge in [-0.2, -0.15) is 4.31 Å². The summed E-state index contributed by atoms with van der Waals surface area (Å²) in [6, 6.07) is 7.20. The zero-order valence-corrected chi connectivity index (χ0v) is 19.4. The number of halogens is 1. The highest BCUT2D eigenvalue weighted by Crippen LogP contribution is 2.20. The summed E-state index contributed by atoms with van der Waals surface area (Å²) in [4.78, 5) is 4.54. The van der Waals surface area contributed by atoms with Crippen LogP contribution >= 0.6 is 24.0 Å². The monoisotopic (exact) mass is 510 g/mol. The number of piperidine rings is 1. The third-order valence-electron chi connectivity index (χ3n) is 4.36. The van der Waals surface area contributed by atoms with Gasteiger partial charge in [0.25, 0.3) is 0 Å². The maximum atomic E-state index is 12.7. The van der Waals surface area contributed by atoms with E-state index in [0.717, 1.165) is 24.8 Å². The molecule has 0 spiro atoms. The standard InChI is InChI=1S/C18H30N4O3S.HI/c1-15(14-25-3)21-18(19-2)20-13-16-7-9-17(10-8-16)26(23,24)22-11-5-4-6-12-22;/h7-10,15H,4-6,11-14H2,1-3H3,(H2,19,20,21);1H. The number of methoxy groups -OCH3 is 1. The first-order chi connectivity index (χ1) is 12.5. The highest BCUT2D eigenvalue weighted by Gasteiger charge is 2.25. The molecule has 1 heterocycles. The lowest BCUT2D eigenvalue weighted by atomic mass is 10.2. The maximum absolute atomic E-state index is 12.7. The van der Waals surface area contributed by atoms with Crippen LogP contribution in [-0.4, -0.2) is 58.6 Å². The van der Waals surface area contributed by atoms with Crippen LogP contribution in [0.15, 0.2) is 34.2 Å². The summed E-state index contributed by atoms with van der Waals surface area (Å²) in [6.07, 6.45) is 2.98. The third-order valence-corrected chi connectivity index (χ3v) is 6.27. The number of sulfonamides is 1. The van der Waals surface area contributed by atoms with Crippen molar-refractivity contribution in [1.29, 1.82) is 0 Å². The van der Waals surface area contributed by atoms with E-state index in [9.17, 15) is 8.42 Å². The second kappa shape index (κ2) is 11.8. The van der Waals surface area contributed by atoms with E-state index >= 15 is 0 Å². The molecular weight excluding hydrogens is 479 g/mol. The summed E-state index contributed by atoms with van der Waals surface area (Å²) in [5, 5.41) is 6.45. The Morgan fingerprint density at radius 3 is 2.41 bits per heavy atom. The van der Waals surface area contributed by atoms with Gasteiger partial charge in [-0.3, -0.25) is 4.99 Å². The van der Waals surface area contributed by atoms with E-state index in [-0.39, 0.29) is 30.0 Å². The number of guanidine groups is 1. The number of benzene rings is 1. The molecule has 9 heteroatoms. The largest absolute Gasteiger partial charge is 0.383 e. The van der Waals surface area contributed by atoms with E-state index in [1.165, 1.54) is 0 Å². The first kappa shape index (κ1) is 24.1. The van der Waals surface area contributed by atoms with Crippen molar-refractivity contribution < 1.29 is 13.2 Å². The van der Waals surface area contributed by atoms with E-state index in [4.69, 9.17) is 4.74 Å². The molecule has 1 aromatic rings. The SMILES string of the molecule is CN=C(NCc1ccc(S(=O)(=O)N2CCCCC2)cc1)NC(C)COC.I. The first-order valence-electron chi connectivity index (χ1n) is 9.02. The van der Waals surface area contributed by atoms with Crippen molar-refractivity contribution >= 4 is 40.0 Å². The van der Waals surface area contributed by atoms with Gasteiger partial charge in [-0.15, -0.1) is 24.0 Å². The topological polar surface area (TPSA) is 83.0 Å². The van der Waals surface area contributed by atoms with E-state index in [1.807, 2.05) is 19.1 Å². The lowest BCUT2D eigenvalue weighted by molar-refractivity contribution is 0.179. The Kier molecular flexibility index (Phi) is 10.6. The fourth-order valence-corrected chi connectivity index (χ4v) is 4.46. The number of ether oxygens (including phenoxy) is 1. The van der Waals surface area contributed by atoms with Gasteiger partial charge in [-0.25, -0.2) is 8.42 Å². The molecule has 1 unspecified atom stereocenters. The lowest BCUT2D eigenvalue weighted by Crippen LogP contribution is -2.43. The average molecular weight is 510 g/mol. The van der Waals surface area contributed by atoms with Crippen LogP contribution < -0.4 is 10.6 Å². The van der Waals surface area contributed by atoms with Crippen LogP contribution in [0.2, 0.25) is 0 Å². The quantitative estimate of drug-likeness (QED) is 0.334. The molecule has 1 atom stereocenters. The first-order valence-corrected chi connectivity index (χ1v) is 10.5. The summed E-state index contributed by atoms with van der Waals surface area (Å²) >= 11 is 0. The molecule has 1 aliphatic heterocycles. The van der Waals surface area contributed by atoms with Crippen molar-refractivity contribution in [2.45, 2.75) is 43.7 Å². The molecule has 154 valence electrons. The third kappa shape index (κ3) is 7.20. The van der Waals surface area contributed by atoms with Gasteiger partial charge in [0, 0.05) is 39.8 Å². The van der Waals surface area contributed by atoms with E-state index < -0.39 is 10.0 Å². The zero-order valence-electron chi connectivity index (χ0n) is 16.3. The Morgan fingerprint density at radius 2 is 1.85 bits per heavy atom. The molecule has 2 N–H and O–H groups in total. The molecule has 0 aliphatic carbocycles. The average Bonchev–Trinajstić information content (AvgIpc) is 2.66. The minimum atomic E-state index is -3.37. The molecular formula is C18H31IN4O3S. The Hall–Kier alpha value is -0.910. The number of hydrogen-bond donors (Lipinski definition) is 2. The Balaban J connectivity index is 0.00000364. The smallest absolute Gasteiger partial charge is 0.243 e. The molecule has 7 nitrogen and oxygen atoms in total.